The van der Waals surface area contributed by atoms with E-state index in [1.54, 1.807) is 0 Å². The third-order valence-electron chi connectivity index (χ3n) is 7.45. The summed E-state index contributed by atoms with van der Waals surface area (Å²) >= 11 is 0. The number of aromatic amines is 1. The molecule has 0 amide bonds. The van der Waals surface area contributed by atoms with Gasteiger partial charge in [0.05, 0.1) is 11.9 Å². The minimum absolute atomic E-state index is 0.101. The Labute approximate surface area is 220 Å². The molecule has 0 spiro atoms. The summed E-state index contributed by atoms with van der Waals surface area (Å²) in [5.41, 5.74) is 8.02. The van der Waals surface area contributed by atoms with Gasteiger partial charge in [-0.05, 0) is 53.3 Å². The first-order valence-corrected chi connectivity index (χ1v) is 13.3. The van der Waals surface area contributed by atoms with Crippen LogP contribution in [0.5, 0.6) is 0 Å². The summed E-state index contributed by atoms with van der Waals surface area (Å²) < 4.78 is 9.61. The molecule has 4 heterocycles. The van der Waals surface area contributed by atoms with Crippen LogP contribution >= 0.6 is 0 Å². The van der Waals surface area contributed by atoms with Crippen molar-refractivity contribution in [3.63, 3.8) is 0 Å². The minimum Gasteiger partial charge on any atom is -0.381 e. The highest BCUT2D eigenvalue weighted by molar-refractivity contribution is 5.80. The fraction of sp³-hybridized carbons (Fsp3) is 0.345. The Morgan fingerprint density at radius 2 is 1.82 bits per heavy atom. The van der Waals surface area contributed by atoms with Crippen LogP contribution in [0, 0.1) is 6.92 Å². The van der Waals surface area contributed by atoms with Crippen molar-refractivity contribution >= 4 is 5.65 Å². The lowest BCUT2D eigenvalue weighted by molar-refractivity contribution is 0.0694. The predicted molar refractivity (Wildman–Crippen MR) is 145 cm³/mol. The number of hydrogen-bond acceptors (Lipinski definition) is 6. The summed E-state index contributed by atoms with van der Waals surface area (Å²) in [6.07, 6.45) is 5.84. The van der Waals surface area contributed by atoms with Crippen molar-refractivity contribution in [2.24, 2.45) is 0 Å². The van der Waals surface area contributed by atoms with E-state index in [1.165, 1.54) is 0 Å². The fourth-order valence-corrected chi connectivity index (χ4v) is 5.58. The van der Waals surface area contributed by atoms with Crippen LogP contribution in [0.1, 0.15) is 54.6 Å². The first-order valence-electron chi connectivity index (χ1n) is 13.3. The maximum absolute atomic E-state index is 14.2. The first-order chi connectivity index (χ1) is 18.7. The van der Waals surface area contributed by atoms with Gasteiger partial charge in [0.15, 0.2) is 5.82 Å². The van der Waals surface area contributed by atoms with Crippen LogP contribution in [0.15, 0.2) is 59.5 Å². The van der Waals surface area contributed by atoms with Gasteiger partial charge in [-0.15, -0.1) is 5.10 Å². The van der Waals surface area contributed by atoms with Crippen LogP contribution in [0.2, 0.25) is 0 Å². The molecule has 0 radical (unpaired) electrons. The van der Waals surface area contributed by atoms with Gasteiger partial charge in [0.1, 0.15) is 5.65 Å². The molecule has 9 nitrogen and oxygen atoms in total. The second kappa shape index (κ2) is 10.3. The summed E-state index contributed by atoms with van der Waals surface area (Å²) in [4.78, 5) is 14.2. The predicted octanol–water partition coefficient (Wildman–Crippen LogP) is 4.55. The molecule has 1 N–H and O–H groups in total. The number of nitrogens with zero attached hydrogens (tertiary/aromatic N) is 6. The molecule has 9 heteroatoms. The van der Waals surface area contributed by atoms with Crippen molar-refractivity contribution in [3.8, 4) is 22.5 Å². The Kier molecular flexibility index (Phi) is 6.59. The molecule has 194 valence electrons. The maximum atomic E-state index is 14.2. The summed E-state index contributed by atoms with van der Waals surface area (Å²) in [5, 5.41) is 19.1. The number of fused-ring (bicyclic) bond motifs is 1. The zero-order chi connectivity index (χ0) is 26.1. The fourth-order valence-electron chi connectivity index (χ4n) is 5.58. The number of benzene rings is 2. The molecular weight excluding hydrogens is 478 g/mol. The Morgan fingerprint density at radius 1 is 1.05 bits per heavy atom. The number of hydrogen-bond donors (Lipinski definition) is 1. The van der Waals surface area contributed by atoms with E-state index in [4.69, 9.17) is 9.84 Å². The van der Waals surface area contributed by atoms with E-state index in [-0.39, 0.29) is 11.6 Å². The summed E-state index contributed by atoms with van der Waals surface area (Å²) in [7, 11) is 0. The van der Waals surface area contributed by atoms with Crippen molar-refractivity contribution in [2.45, 2.75) is 52.0 Å². The van der Waals surface area contributed by atoms with Crippen LogP contribution in [0.3, 0.4) is 0 Å². The molecule has 0 saturated carbocycles. The number of rotatable bonds is 7. The standard InChI is InChI=1S/C29H31N7O2/c1-3-6-26-25(29(37)35(22-13-15-38-16-14-22)28-19(2)18-30-36(26)28)17-20-9-11-21(12-10-20)23-7-4-5-8-24(23)27-31-33-34-32-27/h4-5,7-12,18,22H,3,6,13-17H2,1-2H3,(H,31,32,33,34). The highest BCUT2D eigenvalue weighted by Gasteiger charge is 2.25. The van der Waals surface area contributed by atoms with E-state index in [9.17, 15) is 4.79 Å². The van der Waals surface area contributed by atoms with Gasteiger partial charge in [0.25, 0.3) is 5.56 Å². The van der Waals surface area contributed by atoms with E-state index in [1.807, 2.05) is 40.4 Å². The largest absolute Gasteiger partial charge is 0.381 e. The van der Waals surface area contributed by atoms with Gasteiger partial charge >= 0.3 is 0 Å². The van der Waals surface area contributed by atoms with Gasteiger partial charge in [-0.1, -0.05) is 61.9 Å². The van der Waals surface area contributed by atoms with Crippen molar-refractivity contribution in [3.05, 3.63) is 87.5 Å². The quantitative estimate of drug-likeness (QED) is 0.345. The van der Waals surface area contributed by atoms with E-state index in [2.05, 4.69) is 57.9 Å². The number of ether oxygens (including phenoxy) is 1. The SMILES string of the molecule is CCCc1c(Cc2ccc(-c3ccccc3-c3nnn[nH]3)cc2)c(=O)n(C2CCOCC2)c2c(C)cnn12. The third-order valence-corrected chi connectivity index (χ3v) is 7.45. The van der Waals surface area contributed by atoms with Crippen LogP contribution in [-0.2, 0) is 17.6 Å². The molecule has 5 aromatic rings. The number of tetrazole rings is 1. The third kappa shape index (κ3) is 4.32. The smallest absolute Gasteiger partial charge is 0.257 e. The van der Waals surface area contributed by atoms with E-state index < -0.39 is 0 Å². The molecule has 0 aliphatic carbocycles. The van der Waals surface area contributed by atoms with Gasteiger partial charge in [-0.3, -0.25) is 9.36 Å². The second-order valence-corrected chi connectivity index (χ2v) is 9.93. The second-order valence-electron chi connectivity index (χ2n) is 9.93. The normalized spacial score (nSPS) is 14.4. The van der Waals surface area contributed by atoms with Crippen molar-refractivity contribution < 1.29 is 4.74 Å². The molecule has 0 atom stereocenters. The van der Waals surface area contributed by atoms with Gasteiger partial charge < -0.3 is 4.74 Å². The van der Waals surface area contributed by atoms with Gasteiger partial charge in [0.2, 0.25) is 0 Å². The monoisotopic (exact) mass is 509 g/mol. The first kappa shape index (κ1) is 24.2. The average Bonchev–Trinajstić information content (AvgIpc) is 3.62. The van der Waals surface area contributed by atoms with Crippen molar-refractivity contribution in [1.29, 1.82) is 0 Å². The van der Waals surface area contributed by atoms with Crippen LogP contribution in [0.4, 0.5) is 0 Å². The average molecular weight is 510 g/mol. The summed E-state index contributed by atoms with van der Waals surface area (Å²) in [6, 6.07) is 16.6. The van der Waals surface area contributed by atoms with Crippen LogP contribution in [0.25, 0.3) is 28.2 Å². The highest BCUT2D eigenvalue weighted by Crippen LogP contribution is 2.30. The molecule has 0 bridgehead atoms. The molecule has 38 heavy (non-hydrogen) atoms. The molecular formula is C29H31N7O2. The van der Waals surface area contributed by atoms with Gasteiger partial charge in [-0.25, -0.2) is 9.61 Å². The highest BCUT2D eigenvalue weighted by atomic mass is 16.5. The lowest BCUT2D eigenvalue weighted by atomic mass is 9.96. The molecule has 6 rings (SSSR count). The Bertz CT molecular complexity index is 1610. The molecule has 1 fully saturated rings. The summed E-state index contributed by atoms with van der Waals surface area (Å²) in [6.45, 7) is 5.54. The number of H-pyrrole nitrogens is 1. The zero-order valence-corrected chi connectivity index (χ0v) is 21.7. The van der Waals surface area contributed by atoms with Gasteiger partial charge in [-0.2, -0.15) is 5.10 Å². The van der Waals surface area contributed by atoms with Crippen LogP contribution in [-0.4, -0.2) is 48.0 Å². The molecule has 1 aliphatic rings. The van der Waals surface area contributed by atoms with E-state index >= 15 is 0 Å². The van der Waals surface area contributed by atoms with Crippen LogP contribution < -0.4 is 5.56 Å². The number of nitrogens with one attached hydrogen (secondary N) is 1. The minimum atomic E-state index is 0.101. The molecule has 3 aromatic heterocycles. The lowest BCUT2D eigenvalue weighted by Crippen LogP contribution is -2.34. The Morgan fingerprint density at radius 3 is 2.53 bits per heavy atom. The molecule has 1 saturated heterocycles. The van der Waals surface area contributed by atoms with Gasteiger partial charge in [0, 0.05) is 42.4 Å². The van der Waals surface area contributed by atoms with Crippen molar-refractivity contribution in [2.75, 3.05) is 13.2 Å². The maximum Gasteiger partial charge on any atom is 0.257 e. The molecule has 2 aromatic carbocycles. The zero-order valence-electron chi connectivity index (χ0n) is 21.7. The lowest BCUT2D eigenvalue weighted by Gasteiger charge is -2.27. The van der Waals surface area contributed by atoms with E-state index in [0.29, 0.717) is 25.5 Å². The molecule has 0 unspecified atom stereocenters. The topological polar surface area (TPSA) is 103 Å². The molecule has 1 aliphatic heterocycles. The Hall–Kier alpha value is -4.11. The van der Waals surface area contributed by atoms with Crippen molar-refractivity contribution in [1.82, 2.24) is 34.8 Å². The number of aryl methyl sites for hydroxylation is 2. The Balaban J connectivity index is 1.41. The summed E-state index contributed by atoms with van der Waals surface area (Å²) in [5.74, 6) is 0.630. The van der Waals surface area contributed by atoms with E-state index in [0.717, 1.165) is 70.4 Å². The number of aromatic nitrogens is 7.